The number of hydrogen-bond acceptors (Lipinski definition) is 4. The van der Waals surface area contributed by atoms with E-state index in [4.69, 9.17) is 5.11 Å². The zero-order chi connectivity index (χ0) is 20.3. The first-order valence-electron chi connectivity index (χ1n) is 8.17. The zero-order valence-electron chi connectivity index (χ0n) is 14.3. The summed E-state index contributed by atoms with van der Waals surface area (Å²) in [5, 5.41) is 19.6. The number of hydrogen-bond donors (Lipinski definition) is 2. The van der Waals surface area contributed by atoms with Crippen molar-refractivity contribution in [2.24, 2.45) is 0 Å². The van der Waals surface area contributed by atoms with Crippen molar-refractivity contribution in [1.29, 1.82) is 0 Å². The van der Waals surface area contributed by atoms with Crippen LogP contribution in [0.2, 0.25) is 0 Å². The lowest BCUT2D eigenvalue weighted by atomic mass is 9.96. The molecule has 3 rings (SSSR count). The van der Waals surface area contributed by atoms with Crippen molar-refractivity contribution in [3.8, 4) is 16.9 Å². The highest BCUT2D eigenvalue weighted by Gasteiger charge is 2.18. The summed E-state index contributed by atoms with van der Waals surface area (Å²) < 4.78 is 56.7. The van der Waals surface area contributed by atoms with Gasteiger partial charge in [0.25, 0.3) is 0 Å². The highest BCUT2D eigenvalue weighted by molar-refractivity contribution is 5.71. The molecule has 1 atom stereocenters. The maximum absolute atomic E-state index is 13.6. The van der Waals surface area contributed by atoms with Crippen LogP contribution in [0.5, 0.6) is 5.75 Å². The van der Waals surface area contributed by atoms with Gasteiger partial charge in [0.1, 0.15) is 11.9 Å². The lowest BCUT2D eigenvalue weighted by Gasteiger charge is -2.16. The van der Waals surface area contributed by atoms with E-state index in [-0.39, 0.29) is 23.5 Å². The molecule has 0 amide bonds. The quantitative estimate of drug-likeness (QED) is 0.616. The van der Waals surface area contributed by atoms with Crippen LogP contribution in [0.4, 0.5) is 17.6 Å². The van der Waals surface area contributed by atoms with Gasteiger partial charge in [-0.25, -0.2) is 8.78 Å². The maximum Gasteiger partial charge on any atom is 0.387 e. The minimum Gasteiger partial charge on any atom is -0.434 e. The van der Waals surface area contributed by atoms with Gasteiger partial charge in [0.2, 0.25) is 0 Å². The van der Waals surface area contributed by atoms with Crippen molar-refractivity contribution in [2.75, 3.05) is 0 Å². The van der Waals surface area contributed by atoms with Crippen molar-refractivity contribution in [1.82, 2.24) is 4.98 Å². The molecule has 0 unspecified atom stereocenters. The molecule has 0 aliphatic heterocycles. The number of alkyl halides is 2. The second kappa shape index (κ2) is 8.37. The number of halogens is 4. The predicted octanol–water partition coefficient (Wildman–Crippen LogP) is 4.20. The number of pyridine rings is 1. The predicted molar refractivity (Wildman–Crippen MR) is 92.6 cm³/mol. The highest BCUT2D eigenvalue weighted by Crippen LogP contribution is 2.35. The van der Waals surface area contributed by atoms with Gasteiger partial charge in [-0.3, -0.25) is 4.98 Å². The molecule has 146 valence electrons. The summed E-state index contributed by atoms with van der Waals surface area (Å²) in [5.41, 5.74) is 1.29. The molecule has 3 aromatic rings. The van der Waals surface area contributed by atoms with Crippen molar-refractivity contribution < 1.29 is 32.5 Å². The largest absolute Gasteiger partial charge is 0.434 e. The molecule has 0 aliphatic rings. The summed E-state index contributed by atoms with van der Waals surface area (Å²) in [6.07, 6.45) is 0.210. The first-order chi connectivity index (χ1) is 13.4. The van der Waals surface area contributed by atoms with Gasteiger partial charge in [-0.05, 0) is 41.5 Å². The summed E-state index contributed by atoms with van der Waals surface area (Å²) in [6.45, 7) is -3.37. The summed E-state index contributed by atoms with van der Waals surface area (Å²) in [7, 11) is 0. The molecule has 2 aromatic carbocycles. The third kappa shape index (κ3) is 4.29. The van der Waals surface area contributed by atoms with E-state index < -0.39 is 24.3 Å². The van der Waals surface area contributed by atoms with Crippen LogP contribution in [-0.2, 0) is 6.61 Å². The normalized spacial score (nSPS) is 12.2. The van der Waals surface area contributed by atoms with E-state index in [2.05, 4.69) is 9.72 Å². The van der Waals surface area contributed by atoms with E-state index in [0.29, 0.717) is 16.8 Å². The number of nitrogens with zero attached hydrogens (tertiary/aromatic N) is 1. The average Bonchev–Trinajstić information content (AvgIpc) is 2.69. The van der Waals surface area contributed by atoms with Crippen LogP contribution in [0.25, 0.3) is 11.1 Å². The van der Waals surface area contributed by atoms with Gasteiger partial charge < -0.3 is 14.9 Å². The van der Waals surface area contributed by atoms with E-state index in [9.17, 15) is 22.7 Å². The molecule has 0 fully saturated rings. The Kier molecular flexibility index (Phi) is 5.91. The SMILES string of the molecule is OCc1ccc([C@H](O)c2ccc(OC(F)F)c(-c3ccc(F)c(F)c3)c2)cn1. The summed E-state index contributed by atoms with van der Waals surface area (Å²) in [5.74, 6) is -2.47. The monoisotopic (exact) mass is 393 g/mol. The fraction of sp³-hybridized carbons (Fsp3) is 0.150. The molecule has 0 saturated carbocycles. The Labute approximate surface area is 157 Å². The molecular formula is C20H15F4NO3. The van der Waals surface area contributed by atoms with Gasteiger partial charge in [-0.15, -0.1) is 0 Å². The minimum absolute atomic E-state index is 0.0655. The molecule has 0 radical (unpaired) electrons. The van der Waals surface area contributed by atoms with Gasteiger partial charge in [-0.1, -0.05) is 18.2 Å². The third-order valence-electron chi connectivity index (χ3n) is 4.09. The number of aliphatic hydroxyl groups excluding tert-OH is 2. The van der Waals surface area contributed by atoms with E-state index in [0.717, 1.165) is 12.1 Å². The van der Waals surface area contributed by atoms with E-state index in [1.54, 1.807) is 6.07 Å². The van der Waals surface area contributed by atoms with E-state index in [1.165, 1.54) is 36.5 Å². The fourth-order valence-electron chi connectivity index (χ4n) is 2.69. The number of ether oxygens (including phenoxy) is 1. The minimum atomic E-state index is -3.12. The van der Waals surface area contributed by atoms with Crippen molar-refractivity contribution in [2.45, 2.75) is 19.3 Å². The van der Waals surface area contributed by atoms with Crippen LogP contribution in [0.3, 0.4) is 0 Å². The Bertz CT molecular complexity index is 964. The third-order valence-corrected chi connectivity index (χ3v) is 4.09. The summed E-state index contributed by atoms with van der Waals surface area (Å²) in [4.78, 5) is 3.98. The van der Waals surface area contributed by atoms with Crippen LogP contribution in [-0.4, -0.2) is 21.8 Å². The van der Waals surface area contributed by atoms with Crippen molar-refractivity contribution >= 4 is 0 Å². The Balaban J connectivity index is 2.04. The van der Waals surface area contributed by atoms with Crippen LogP contribution >= 0.6 is 0 Å². The molecule has 0 spiro atoms. The van der Waals surface area contributed by atoms with Crippen LogP contribution in [0, 0.1) is 11.6 Å². The molecule has 0 bridgehead atoms. The maximum atomic E-state index is 13.6. The van der Waals surface area contributed by atoms with Gasteiger partial charge in [0.15, 0.2) is 11.6 Å². The Morgan fingerprint density at radius 2 is 1.68 bits per heavy atom. The lowest BCUT2D eigenvalue weighted by molar-refractivity contribution is -0.0494. The van der Waals surface area contributed by atoms with Crippen molar-refractivity contribution in [3.05, 3.63) is 83.2 Å². The van der Waals surface area contributed by atoms with Gasteiger partial charge >= 0.3 is 6.61 Å². The van der Waals surface area contributed by atoms with Crippen LogP contribution in [0.15, 0.2) is 54.7 Å². The Morgan fingerprint density at radius 1 is 0.929 bits per heavy atom. The number of benzene rings is 2. The number of aliphatic hydroxyl groups is 2. The van der Waals surface area contributed by atoms with E-state index in [1.807, 2.05) is 0 Å². The number of rotatable bonds is 6. The molecule has 0 saturated heterocycles. The van der Waals surface area contributed by atoms with Crippen LogP contribution in [0.1, 0.15) is 22.9 Å². The lowest BCUT2D eigenvalue weighted by Crippen LogP contribution is -2.06. The standard InChI is InChI=1S/C20H15F4NO3/c21-16-5-2-11(8-17(16)22)15-7-12(3-6-18(15)28-20(23)24)19(27)13-1-4-14(10-26)25-9-13/h1-9,19-20,26-27H,10H2/t19-/m1/s1. The van der Waals surface area contributed by atoms with Crippen LogP contribution < -0.4 is 4.74 Å². The number of aromatic nitrogens is 1. The smallest absolute Gasteiger partial charge is 0.387 e. The second-order valence-electron chi connectivity index (χ2n) is 5.91. The molecule has 4 nitrogen and oxygen atoms in total. The molecule has 8 heteroatoms. The zero-order valence-corrected chi connectivity index (χ0v) is 14.3. The second-order valence-corrected chi connectivity index (χ2v) is 5.91. The highest BCUT2D eigenvalue weighted by atomic mass is 19.3. The van der Waals surface area contributed by atoms with Gasteiger partial charge in [0.05, 0.1) is 12.3 Å². The molecule has 2 N–H and O–H groups in total. The Morgan fingerprint density at radius 3 is 2.29 bits per heavy atom. The van der Waals surface area contributed by atoms with Crippen molar-refractivity contribution in [3.63, 3.8) is 0 Å². The van der Waals surface area contributed by atoms with Gasteiger partial charge in [-0.2, -0.15) is 8.78 Å². The molecule has 0 aliphatic carbocycles. The molecular weight excluding hydrogens is 378 g/mol. The molecule has 28 heavy (non-hydrogen) atoms. The summed E-state index contributed by atoms with van der Waals surface area (Å²) in [6, 6.07) is 10.00. The van der Waals surface area contributed by atoms with Gasteiger partial charge in [0, 0.05) is 17.3 Å². The Hall–Kier alpha value is -2.97. The average molecular weight is 393 g/mol. The first-order valence-corrected chi connectivity index (χ1v) is 8.17. The fourth-order valence-corrected chi connectivity index (χ4v) is 2.69. The molecule has 1 heterocycles. The molecule has 1 aromatic heterocycles. The van der Waals surface area contributed by atoms with E-state index >= 15 is 0 Å². The topological polar surface area (TPSA) is 62.6 Å². The summed E-state index contributed by atoms with van der Waals surface area (Å²) >= 11 is 0. The first kappa shape index (κ1) is 19.8.